The summed E-state index contributed by atoms with van der Waals surface area (Å²) in [5.41, 5.74) is 0.812. The number of aromatic nitrogens is 3. The summed E-state index contributed by atoms with van der Waals surface area (Å²) in [5, 5.41) is 4.09. The van der Waals surface area contributed by atoms with Gasteiger partial charge in [0.2, 0.25) is 5.88 Å². The maximum absolute atomic E-state index is 12.6. The molecule has 7 nitrogen and oxygen atoms in total. The first kappa shape index (κ1) is 17.0. The molecule has 0 aromatic carbocycles. The zero-order valence-electron chi connectivity index (χ0n) is 15.0. The Morgan fingerprint density at radius 1 is 1.31 bits per heavy atom. The van der Waals surface area contributed by atoms with Crippen molar-refractivity contribution in [3.63, 3.8) is 0 Å². The van der Waals surface area contributed by atoms with Crippen LogP contribution in [0.1, 0.15) is 29.8 Å². The van der Waals surface area contributed by atoms with E-state index >= 15 is 0 Å². The lowest BCUT2D eigenvalue weighted by molar-refractivity contribution is 0.0418. The number of hydrogen-bond donors (Lipinski definition) is 0. The van der Waals surface area contributed by atoms with Gasteiger partial charge in [0.1, 0.15) is 12.3 Å². The summed E-state index contributed by atoms with van der Waals surface area (Å²) in [6.45, 7) is 2.80. The molecule has 7 heteroatoms. The predicted molar refractivity (Wildman–Crippen MR) is 94.9 cm³/mol. The van der Waals surface area contributed by atoms with Crippen LogP contribution in [0.25, 0.3) is 0 Å². The van der Waals surface area contributed by atoms with Crippen molar-refractivity contribution < 1.29 is 14.3 Å². The number of amides is 1. The Bertz CT molecular complexity index is 753. The third-order valence-corrected chi connectivity index (χ3v) is 5.49. The van der Waals surface area contributed by atoms with Gasteiger partial charge in [-0.3, -0.25) is 9.48 Å². The fraction of sp³-hybridized carbons (Fsp3) is 0.526. The predicted octanol–water partition coefficient (Wildman–Crippen LogP) is 1.91. The lowest BCUT2D eigenvalue weighted by Gasteiger charge is -2.38. The highest BCUT2D eigenvalue weighted by Gasteiger charge is 2.43. The highest BCUT2D eigenvalue weighted by atomic mass is 16.5. The number of likely N-dealkylation sites (tertiary alicyclic amines) is 1. The molecule has 1 atom stereocenters. The molecule has 0 aliphatic carbocycles. The first-order chi connectivity index (χ1) is 12.7. The van der Waals surface area contributed by atoms with E-state index in [4.69, 9.17) is 9.47 Å². The van der Waals surface area contributed by atoms with Crippen LogP contribution in [0.15, 0.2) is 36.7 Å². The Morgan fingerprint density at radius 3 is 2.85 bits per heavy atom. The van der Waals surface area contributed by atoms with Gasteiger partial charge in [-0.05, 0) is 36.8 Å². The SMILES string of the molecule is Cn1nccc1C(=O)N1CCC2(CC1)CO[C@H](COc1ccccn1)C2. The van der Waals surface area contributed by atoms with Gasteiger partial charge >= 0.3 is 0 Å². The van der Waals surface area contributed by atoms with E-state index in [0.29, 0.717) is 18.2 Å². The number of hydrogen-bond acceptors (Lipinski definition) is 5. The minimum atomic E-state index is 0.0637. The second kappa shape index (κ2) is 7.07. The molecule has 1 spiro atoms. The number of aryl methyl sites for hydroxylation is 1. The van der Waals surface area contributed by atoms with E-state index in [0.717, 1.165) is 39.0 Å². The first-order valence-electron chi connectivity index (χ1n) is 9.08. The first-order valence-corrected chi connectivity index (χ1v) is 9.08. The van der Waals surface area contributed by atoms with Gasteiger partial charge in [-0.25, -0.2) is 4.98 Å². The molecule has 26 heavy (non-hydrogen) atoms. The highest BCUT2D eigenvalue weighted by Crippen LogP contribution is 2.42. The fourth-order valence-electron chi connectivity index (χ4n) is 3.89. The van der Waals surface area contributed by atoms with Crippen LogP contribution in [-0.2, 0) is 11.8 Å². The summed E-state index contributed by atoms with van der Waals surface area (Å²) in [6, 6.07) is 7.41. The Labute approximate surface area is 152 Å². The molecule has 2 aliphatic heterocycles. The Balaban J connectivity index is 1.29. The number of carbonyl (C=O) groups is 1. The third-order valence-electron chi connectivity index (χ3n) is 5.49. The Kier molecular flexibility index (Phi) is 4.63. The van der Waals surface area contributed by atoms with E-state index in [9.17, 15) is 4.79 Å². The summed E-state index contributed by atoms with van der Waals surface area (Å²) in [5.74, 6) is 0.697. The molecule has 0 bridgehead atoms. The van der Waals surface area contributed by atoms with Gasteiger partial charge in [-0.2, -0.15) is 5.10 Å². The summed E-state index contributed by atoms with van der Waals surface area (Å²) in [7, 11) is 1.80. The molecule has 0 N–H and O–H groups in total. The quantitative estimate of drug-likeness (QED) is 0.837. The van der Waals surface area contributed by atoms with Crippen molar-refractivity contribution in [2.24, 2.45) is 12.5 Å². The van der Waals surface area contributed by atoms with Crippen molar-refractivity contribution in [2.45, 2.75) is 25.4 Å². The molecule has 2 aliphatic rings. The van der Waals surface area contributed by atoms with E-state index in [1.54, 1.807) is 30.2 Å². The number of piperidine rings is 1. The summed E-state index contributed by atoms with van der Waals surface area (Å²) >= 11 is 0. The number of ether oxygens (including phenoxy) is 2. The fourth-order valence-corrected chi connectivity index (χ4v) is 3.89. The van der Waals surface area contributed by atoms with Crippen LogP contribution in [0.2, 0.25) is 0 Å². The van der Waals surface area contributed by atoms with Gasteiger partial charge < -0.3 is 14.4 Å². The van der Waals surface area contributed by atoms with E-state index in [1.165, 1.54) is 0 Å². The van der Waals surface area contributed by atoms with Gasteiger partial charge in [0, 0.05) is 38.6 Å². The van der Waals surface area contributed by atoms with Crippen molar-refractivity contribution in [1.82, 2.24) is 19.7 Å². The third kappa shape index (κ3) is 3.44. The largest absolute Gasteiger partial charge is 0.475 e. The highest BCUT2D eigenvalue weighted by molar-refractivity contribution is 5.92. The molecule has 138 valence electrons. The number of pyridine rings is 1. The molecule has 4 rings (SSSR count). The number of carbonyl (C=O) groups excluding carboxylic acids is 1. The van der Waals surface area contributed by atoms with Crippen LogP contribution in [0, 0.1) is 5.41 Å². The minimum Gasteiger partial charge on any atom is -0.475 e. The van der Waals surface area contributed by atoms with Gasteiger partial charge in [0.15, 0.2) is 0 Å². The van der Waals surface area contributed by atoms with Crippen molar-refractivity contribution in [2.75, 3.05) is 26.3 Å². The lowest BCUT2D eigenvalue weighted by Crippen LogP contribution is -2.44. The van der Waals surface area contributed by atoms with Crippen LogP contribution in [0.3, 0.4) is 0 Å². The summed E-state index contributed by atoms with van der Waals surface area (Å²) in [6.07, 6.45) is 6.40. The zero-order chi connectivity index (χ0) is 18.0. The van der Waals surface area contributed by atoms with E-state index in [1.807, 2.05) is 23.1 Å². The molecule has 4 heterocycles. The van der Waals surface area contributed by atoms with E-state index in [-0.39, 0.29) is 17.4 Å². The maximum atomic E-state index is 12.6. The molecule has 0 radical (unpaired) electrons. The monoisotopic (exact) mass is 356 g/mol. The average molecular weight is 356 g/mol. The lowest BCUT2D eigenvalue weighted by atomic mass is 9.76. The molecular weight excluding hydrogens is 332 g/mol. The van der Waals surface area contributed by atoms with E-state index < -0.39 is 0 Å². The molecule has 1 amide bonds. The molecule has 2 fully saturated rings. The molecule has 2 saturated heterocycles. The van der Waals surface area contributed by atoms with Crippen LogP contribution in [0.5, 0.6) is 5.88 Å². The van der Waals surface area contributed by atoms with Crippen molar-refractivity contribution in [3.8, 4) is 5.88 Å². The van der Waals surface area contributed by atoms with Crippen molar-refractivity contribution >= 4 is 5.91 Å². The maximum Gasteiger partial charge on any atom is 0.272 e. The second-order valence-electron chi connectivity index (χ2n) is 7.25. The van der Waals surface area contributed by atoms with Crippen LogP contribution in [0.4, 0.5) is 0 Å². The molecular formula is C19H24N4O3. The second-order valence-corrected chi connectivity index (χ2v) is 7.25. The van der Waals surface area contributed by atoms with Crippen LogP contribution >= 0.6 is 0 Å². The standard InChI is InChI=1S/C19H24N4O3/c1-22-16(5-9-21-22)18(24)23-10-6-19(7-11-23)12-15(26-14-19)13-25-17-4-2-3-8-20-17/h2-5,8-9,15H,6-7,10-14H2,1H3/t15-/m0/s1. The van der Waals surface area contributed by atoms with Gasteiger partial charge in [-0.1, -0.05) is 6.07 Å². The summed E-state index contributed by atoms with van der Waals surface area (Å²) in [4.78, 5) is 18.7. The average Bonchev–Trinajstić information content (AvgIpc) is 3.27. The molecule has 2 aromatic heterocycles. The van der Waals surface area contributed by atoms with Crippen molar-refractivity contribution in [3.05, 3.63) is 42.4 Å². The van der Waals surface area contributed by atoms with Crippen LogP contribution < -0.4 is 4.74 Å². The summed E-state index contributed by atoms with van der Waals surface area (Å²) < 4.78 is 13.4. The van der Waals surface area contributed by atoms with Gasteiger partial charge in [-0.15, -0.1) is 0 Å². The van der Waals surface area contributed by atoms with Crippen molar-refractivity contribution in [1.29, 1.82) is 0 Å². The molecule has 2 aromatic rings. The molecule has 0 saturated carbocycles. The number of rotatable bonds is 4. The Hall–Kier alpha value is -2.41. The number of nitrogens with zero attached hydrogens (tertiary/aromatic N) is 4. The topological polar surface area (TPSA) is 69.5 Å². The zero-order valence-corrected chi connectivity index (χ0v) is 15.0. The smallest absolute Gasteiger partial charge is 0.272 e. The van der Waals surface area contributed by atoms with Gasteiger partial charge in [0.25, 0.3) is 5.91 Å². The van der Waals surface area contributed by atoms with Gasteiger partial charge in [0.05, 0.1) is 12.7 Å². The minimum absolute atomic E-state index is 0.0637. The van der Waals surface area contributed by atoms with Crippen LogP contribution in [-0.4, -0.2) is 58.0 Å². The Morgan fingerprint density at radius 2 is 2.15 bits per heavy atom. The van der Waals surface area contributed by atoms with E-state index in [2.05, 4.69) is 10.1 Å². The normalized spacial score (nSPS) is 21.9. The molecule has 0 unspecified atom stereocenters.